The Kier molecular flexibility index (Phi) is 7.01. The van der Waals surface area contributed by atoms with Crippen LogP contribution in [-0.4, -0.2) is 44.5 Å². The number of benzene rings is 3. The molecule has 0 radical (unpaired) electrons. The highest BCUT2D eigenvalue weighted by Gasteiger charge is 2.29. The molecule has 0 heterocycles. The minimum absolute atomic E-state index is 0.0552. The zero-order valence-electron chi connectivity index (χ0n) is 19.1. The van der Waals surface area contributed by atoms with Gasteiger partial charge in [-0.2, -0.15) is 0 Å². The molecule has 1 atom stereocenters. The van der Waals surface area contributed by atoms with E-state index in [1.54, 1.807) is 18.2 Å². The van der Waals surface area contributed by atoms with Gasteiger partial charge in [-0.3, -0.25) is 4.79 Å². The number of carbonyl (C=O) groups is 2. The molecule has 176 valence electrons. The van der Waals surface area contributed by atoms with E-state index in [0.29, 0.717) is 11.5 Å². The number of rotatable bonds is 9. The van der Waals surface area contributed by atoms with Crippen LogP contribution in [-0.2, 0) is 16.0 Å². The maximum atomic E-state index is 12.4. The second-order valence-corrected chi connectivity index (χ2v) is 8.14. The summed E-state index contributed by atoms with van der Waals surface area (Å²) < 4.78 is 16.0. The first-order valence-corrected chi connectivity index (χ1v) is 11.0. The lowest BCUT2D eigenvalue weighted by Crippen LogP contribution is -2.35. The summed E-state index contributed by atoms with van der Waals surface area (Å²) in [4.78, 5) is 24.2. The van der Waals surface area contributed by atoms with Crippen LogP contribution in [0.3, 0.4) is 0 Å². The summed E-state index contributed by atoms with van der Waals surface area (Å²) in [6.07, 6.45) is -0.417. The van der Waals surface area contributed by atoms with Gasteiger partial charge in [0.05, 0.1) is 20.1 Å². The normalized spacial score (nSPS) is 12.9. The van der Waals surface area contributed by atoms with Crippen LogP contribution in [0.15, 0.2) is 66.7 Å². The Labute approximate surface area is 198 Å². The van der Waals surface area contributed by atoms with E-state index in [2.05, 4.69) is 17.4 Å². The topological polar surface area (TPSA) is 94.1 Å². The summed E-state index contributed by atoms with van der Waals surface area (Å²) in [7, 11) is 3.06. The molecule has 3 aromatic carbocycles. The molecular formula is C27H27NO6. The van der Waals surface area contributed by atoms with E-state index in [1.807, 2.05) is 36.4 Å². The van der Waals surface area contributed by atoms with Crippen LogP contribution < -0.4 is 14.8 Å². The third-order valence-corrected chi connectivity index (χ3v) is 6.12. The Morgan fingerprint density at radius 1 is 0.912 bits per heavy atom. The van der Waals surface area contributed by atoms with E-state index in [9.17, 15) is 14.7 Å². The number of carboxylic acid groups (broad SMARTS) is 1. The van der Waals surface area contributed by atoms with Crippen LogP contribution in [0.1, 0.15) is 22.6 Å². The van der Waals surface area contributed by atoms with Gasteiger partial charge in [0.1, 0.15) is 6.61 Å². The Morgan fingerprint density at radius 3 is 2.12 bits per heavy atom. The fourth-order valence-electron chi connectivity index (χ4n) is 4.39. The third kappa shape index (κ3) is 4.83. The minimum Gasteiger partial charge on any atom is -0.493 e. The number of carbonyl (C=O) groups excluding carboxylic acids is 1. The van der Waals surface area contributed by atoms with Crippen LogP contribution in [0.25, 0.3) is 11.1 Å². The second-order valence-electron chi connectivity index (χ2n) is 8.14. The Hall–Kier alpha value is -4.00. The van der Waals surface area contributed by atoms with E-state index >= 15 is 0 Å². The van der Waals surface area contributed by atoms with E-state index in [4.69, 9.17) is 14.2 Å². The summed E-state index contributed by atoms with van der Waals surface area (Å²) >= 11 is 0. The Morgan fingerprint density at radius 2 is 1.53 bits per heavy atom. The summed E-state index contributed by atoms with van der Waals surface area (Å²) in [6, 6.07) is 21.4. The monoisotopic (exact) mass is 461 g/mol. The lowest BCUT2D eigenvalue weighted by Gasteiger charge is -2.17. The van der Waals surface area contributed by atoms with E-state index in [0.717, 1.165) is 27.8 Å². The highest BCUT2D eigenvalue weighted by atomic mass is 16.5. The smallest absolute Gasteiger partial charge is 0.407 e. The molecule has 0 spiro atoms. The number of fused-ring (bicyclic) bond motifs is 3. The van der Waals surface area contributed by atoms with Gasteiger partial charge in [0.25, 0.3) is 0 Å². The molecule has 0 fully saturated rings. The number of ether oxygens (including phenoxy) is 3. The number of methoxy groups -OCH3 is 2. The third-order valence-electron chi connectivity index (χ3n) is 6.12. The number of aliphatic carboxylic acids is 1. The molecule has 1 aliphatic rings. The molecule has 3 aromatic rings. The van der Waals surface area contributed by atoms with Crippen LogP contribution >= 0.6 is 0 Å². The van der Waals surface area contributed by atoms with Crippen LogP contribution in [0, 0.1) is 5.92 Å². The molecule has 0 bridgehead atoms. The van der Waals surface area contributed by atoms with Crippen molar-refractivity contribution in [1.82, 2.24) is 5.32 Å². The molecule has 1 amide bonds. The molecule has 4 rings (SSSR count). The number of amides is 1. The maximum Gasteiger partial charge on any atom is 0.407 e. The summed E-state index contributed by atoms with van der Waals surface area (Å²) in [5.74, 6) is -0.795. The number of nitrogens with one attached hydrogen (secondary N) is 1. The zero-order valence-corrected chi connectivity index (χ0v) is 19.1. The van der Waals surface area contributed by atoms with Gasteiger partial charge in [0.2, 0.25) is 0 Å². The summed E-state index contributed by atoms with van der Waals surface area (Å²) in [5, 5.41) is 12.3. The highest BCUT2D eigenvalue weighted by Crippen LogP contribution is 2.44. The van der Waals surface area contributed by atoms with Crippen molar-refractivity contribution in [3.8, 4) is 22.6 Å². The minimum atomic E-state index is -1.01. The largest absolute Gasteiger partial charge is 0.493 e. The summed E-state index contributed by atoms with van der Waals surface area (Å²) in [5.41, 5.74) is 5.29. The van der Waals surface area contributed by atoms with E-state index in [1.165, 1.54) is 14.2 Å². The molecule has 0 saturated carbocycles. The molecule has 0 aromatic heterocycles. The van der Waals surface area contributed by atoms with Gasteiger partial charge in [-0.15, -0.1) is 0 Å². The number of hydrogen-bond donors (Lipinski definition) is 2. The zero-order chi connectivity index (χ0) is 24.1. The van der Waals surface area contributed by atoms with Gasteiger partial charge in [0.15, 0.2) is 11.5 Å². The first-order chi connectivity index (χ1) is 16.5. The average molecular weight is 462 g/mol. The standard InChI is InChI=1S/C27H27NO6/c1-32-24-12-11-17(14-25(24)33-2)13-18(26(29)30)15-28-27(31)34-16-23-21-9-5-3-7-19(21)20-8-4-6-10-22(20)23/h3-12,14,18,23H,13,15-16H2,1-2H3,(H,28,31)(H,29,30). The van der Waals surface area contributed by atoms with Crippen molar-refractivity contribution in [1.29, 1.82) is 0 Å². The van der Waals surface area contributed by atoms with Gasteiger partial charge >= 0.3 is 12.1 Å². The predicted octanol–water partition coefficient (Wildman–Crippen LogP) is 4.49. The summed E-state index contributed by atoms with van der Waals surface area (Å²) in [6.45, 7) is 0.119. The number of hydrogen-bond acceptors (Lipinski definition) is 5. The van der Waals surface area contributed by atoms with Crippen molar-refractivity contribution in [3.63, 3.8) is 0 Å². The molecule has 1 unspecified atom stereocenters. The van der Waals surface area contributed by atoms with Crippen molar-refractivity contribution >= 4 is 12.1 Å². The van der Waals surface area contributed by atoms with Crippen LogP contribution in [0.4, 0.5) is 4.79 Å². The fraction of sp³-hybridized carbons (Fsp3) is 0.259. The first kappa shape index (κ1) is 23.2. The quantitative estimate of drug-likeness (QED) is 0.488. The molecular weight excluding hydrogens is 434 g/mol. The molecule has 2 N–H and O–H groups in total. The molecule has 7 nitrogen and oxygen atoms in total. The maximum absolute atomic E-state index is 12.4. The molecule has 1 aliphatic carbocycles. The van der Waals surface area contributed by atoms with Crippen LogP contribution in [0.5, 0.6) is 11.5 Å². The average Bonchev–Trinajstić information content (AvgIpc) is 3.18. The molecule has 0 saturated heterocycles. The van der Waals surface area contributed by atoms with Crippen LogP contribution in [0.2, 0.25) is 0 Å². The van der Waals surface area contributed by atoms with Crippen molar-refractivity contribution in [2.75, 3.05) is 27.4 Å². The van der Waals surface area contributed by atoms with Gasteiger partial charge in [-0.25, -0.2) is 4.79 Å². The van der Waals surface area contributed by atoms with Gasteiger partial charge in [0, 0.05) is 12.5 Å². The predicted molar refractivity (Wildman–Crippen MR) is 127 cm³/mol. The van der Waals surface area contributed by atoms with Crippen molar-refractivity contribution in [2.24, 2.45) is 5.92 Å². The first-order valence-electron chi connectivity index (χ1n) is 11.0. The van der Waals surface area contributed by atoms with Crippen molar-refractivity contribution in [2.45, 2.75) is 12.3 Å². The lowest BCUT2D eigenvalue weighted by atomic mass is 9.98. The van der Waals surface area contributed by atoms with Gasteiger partial charge in [-0.05, 0) is 46.4 Å². The molecule has 7 heteroatoms. The van der Waals surface area contributed by atoms with E-state index in [-0.39, 0.29) is 25.5 Å². The Bertz CT molecular complexity index is 1150. The SMILES string of the molecule is COc1ccc(CC(CNC(=O)OCC2c3ccccc3-c3ccccc32)C(=O)O)cc1OC. The van der Waals surface area contributed by atoms with E-state index < -0.39 is 18.0 Å². The molecule has 0 aliphatic heterocycles. The van der Waals surface area contributed by atoms with Crippen molar-refractivity contribution < 1.29 is 28.9 Å². The molecule has 34 heavy (non-hydrogen) atoms. The van der Waals surface area contributed by atoms with Gasteiger partial charge < -0.3 is 24.6 Å². The lowest BCUT2D eigenvalue weighted by molar-refractivity contribution is -0.141. The van der Waals surface area contributed by atoms with Gasteiger partial charge in [-0.1, -0.05) is 54.6 Å². The number of alkyl carbamates (subject to hydrolysis) is 1. The van der Waals surface area contributed by atoms with Crippen molar-refractivity contribution in [3.05, 3.63) is 83.4 Å². The fourth-order valence-corrected chi connectivity index (χ4v) is 4.39. The number of carboxylic acids is 1. The highest BCUT2D eigenvalue weighted by molar-refractivity contribution is 5.79. The Balaban J connectivity index is 1.36. The second kappa shape index (κ2) is 10.3.